The summed E-state index contributed by atoms with van der Waals surface area (Å²) in [4.78, 5) is 0. The van der Waals surface area contributed by atoms with Gasteiger partial charge in [-0.3, -0.25) is 0 Å². The molecule has 4 rings (SSSR count). The van der Waals surface area contributed by atoms with Crippen LogP contribution >= 0.6 is 0 Å². The molecule has 128 valence electrons. The quantitative estimate of drug-likeness (QED) is 0.602. The molecule has 3 N–H and O–H groups in total. The van der Waals surface area contributed by atoms with Crippen LogP contribution in [0.2, 0.25) is 0 Å². The van der Waals surface area contributed by atoms with E-state index < -0.39 is 23.2 Å². The molecule has 0 heterocycles. The van der Waals surface area contributed by atoms with E-state index >= 15 is 0 Å². The van der Waals surface area contributed by atoms with E-state index in [9.17, 15) is 15.3 Å². The molecular formula is C20H30O3. The van der Waals surface area contributed by atoms with Gasteiger partial charge in [-0.05, 0) is 56.3 Å². The van der Waals surface area contributed by atoms with Crippen LogP contribution < -0.4 is 0 Å². The molecule has 7 atom stereocenters. The molecular weight excluding hydrogens is 288 g/mol. The zero-order chi connectivity index (χ0) is 16.8. The molecule has 3 fully saturated rings. The number of aliphatic hydroxyl groups is 3. The lowest BCUT2D eigenvalue weighted by atomic mass is 9.62. The van der Waals surface area contributed by atoms with Crippen molar-refractivity contribution in [3.8, 4) is 0 Å². The van der Waals surface area contributed by atoms with E-state index in [1.807, 2.05) is 13.8 Å². The van der Waals surface area contributed by atoms with Crippen LogP contribution in [0.15, 0.2) is 23.8 Å². The third kappa shape index (κ3) is 1.71. The molecule has 0 aromatic carbocycles. The fraction of sp³-hybridized carbons (Fsp3) is 0.800. The smallest absolute Gasteiger partial charge is 0.105 e. The molecule has 0 aliphatic heterocycles. The molecule has 1 spiro atoms. The van der Waals surface area contributed by atoms with E-state index in [0.29, 0.717) is 24.7 Å². The van der Waals surface area contributed by atoms with Gasteiger partial charge in [0, 0.05) is 11.3 Å². The van der Waals surface area contributed by atoms with Crippen molar-refractivity contribution in [3.63, 3.8) is 0 Å². The summed E-state index contributed by atoms with van der Waals surface area (Å²) in [6, 6.07) is 0. The predicted octanol–water partition coefficient (Wildman–Crippen LogP) is 2.81. The first-order valence-electron chi connectivity index (χ1n) is 9.10. The molecule has 0 radical (unpaired) electrons. The van der Waals surface area contributed by atoms with Gasteiger partial charge >= 0.3 is 0 Å². The van der Waals surface area contributed by atoms with Gasteiger partial charge in [0.1, 0.15) is 5.60 Å². The standard InChI is InChI=1S/C20H30O3/c1-11-8-19-9-13(11)5-6-14(19)12(2)15-7-16(21)18(3,4)20(15,23)17(22)10-19/h8,13-17,21-23H,2,5-7,9-10H2,1,3-4H3/t13-,14+,15-,16+,17-,19-,20+/m1/s1. The summed E-state index contributed by atoms with van der Waals surface area (Å²) in [7, 11) is 0. The molecule has 0 saturated heterocycles. The van der Waals surface area contributed by atoms with Crippen LogP contribution in [0.25, 0.3) is 0 Å². The van der Waals surface area contributed by atoms with Gasteiger partial charge in [-0.1, -0.05) is 37.6 Å². The van der Waals surface area contributed by atoms with Crippen molar-refractivity contribution in [2.75, 3.05) is 0 Å². The van der Waals surface area contributed by atoms with Crippen LogP contribution in [0.4, 0.5) is 0 Å². The molecule has 23 heavy (non-hydrogen) atoms. The Bertz CT molecular complexity index is 592. The van der Waals surface area contributed by atoms with Crippen molar-refractivity contribution in [1.29, 1.82) is 0 Å². The minimum absolute atomic E-state index is 0.0371. The van der Waals surface area contributed by atoms with Crippen LogP contribution in [-0.4, -0.2) is 33.1 Å². The Morgan fingerprint density at radius 2 is 1.78 bits per heavy atom. The highest BCUT2D eigenvalue weighted by atomic mass is 16.3. The number of aliphatic hydroxyl groups excluding tert-OH is 2. The Morgan fingerprint density at radius 1 is 1.09 bits per heavy atom. The molecule has 4 aliphatic rings. The number of allylic oxidation sites excluding steroid dienone is 2. The lowest BCUT2D eigenvalue weighted by Gasteiger charge is -2.44. The molecule has 3 nitrogen and oxygen atoms in total. The highest BCUT2D eigenvalue weighted by molar-refractivity contribution is 5.34. The van der Waals surface area contributed by atoms with Crippen LogP contribution in [0.1, 0.15) is 52.9 Å². The van der Waals surface area contributed by atoms with Gasteiger partial charge < -0.3 is 15.3 Å². The molecule has 0 aromatic rings. The van der Waals surface area contributed by atoms with Crippen molar-refractivity contribution >= 4 is 0 Å². The van der Waals surface area contributed by atoms with Crippen LogP contribution in [-0.2, 0) is 0 Å². The van der Waals surface area contributed by atoms with Crippen molar-refractivity contribution in [2.24, 2.45) is 28.6 Å². The zero-order valence-corrected chi connectivity index (χ0v) is 14.5. The predicted molar refractivity (Wildman–Crippen MR) is 89.6 cm³/mol. The van der Waals surface area contributed by atoms with Crippen molar-refractivity contribution in [1.82, 2.24) is 0 Å². The van der Waals surface area contributed by atoms with Crippen LogP contribution in [0.3, 0.4) is 0 Å². The first kappa shape index (κ1) is 15.9. The number of hydrogen-bond donors (Lipinski definition) is 3. The van der Waals surface area contributed by atoms with Crippen molar-refractivity contribution in [3.05, 3.63) is 23.8 Å². The van der Waals surface area contributed by atoms with Gasteiger partial charge in [-0.25, -0.2) is 0 Å². The van der Waals surface area contributed by atoms with Gasteiger partial charge in [0.2, 0.25) is 0 Å². The monoisotopic (exact) mass is 318 g/mol. The minimum Gasteiger partial charge on any atom is -0.392 e. The molecule has 4 aliphatic carbocycles. The van der Waals surface area contributed by atoms with E-state index in [-0.39, 0.29) is 11.3 Å². The third-order valence-corrected chi connectivity index (χ3v) is 8.12. The molecule has 3 heteroatoms. The maximum absolute atomic E-state index is 11.6. The Morgan fingerprint density at radius 3 is 2.48 bits per heavy atom. The lowest BCUT2D eigenvalue weighted by Crippen LogP contribution is -2.56. The third-order valence-electron chi connectivity index (χ3n) is 8.12. The molecule has 3 saturated carbocycles. The van der Waals surface area contributed by atoms with Gasteiger partial charge in [0.15, 0.2) is 0 Å². The Hall–Kier alpha value is -0.640. The zero-order valence-electron chi connectivity index (χ0n) is 14.5. The summed E-state index contributed by atoms with van der Waals surface area (Å²) in [6.07, 6.45) is 5.43. The average molecular weight is 318 g/mol. The van der Waals surface area contributed by atoms with E-state index in [1.165, 1.54) is 12.0 Å². The largest absolute Gasteiger partial charge is 0.392 e. The average Bonchev–Trinajstić information content (AvgIpc) is 2.80. The molecule has 2 bridgehead atoms. The fourth-order valence-electron chi connectivity index (χ4n) is 6.58. The summed E-state index contributed by atoms with van der Waals surface area (Å²) in [6.45, 7) is 10.4. The van der Waals surface area contributed by atoms with E-state index in [1.54, 1.807) is 0 Å². The van der Waals surface area contributed by atoms with Gasteiger partial charge in [-0.15, -0.1) is 0 Å². The fourth-order valence-corrected chi connectivity index (χ4v) is 6.58. The second-order valence-electron chi connectivity index (χ2n) is 9.30. The van der Waals surface area contributed by atoms with Gasteiger partial charge in [0.25, 0.3) is 0 Å². The molecule has 0 unspecified atom stereocenters. The maximum atomic E-state index is 11.6. The summed E-state index contributed by atoms with van der Waals surface area (Å²) in [5.74, 6) is 0.751. The highest BCUT2D eigenvalue weighted by Crippen LogP contribution is 2.66. The highest BCUT2D eigenvalue weighted by Gasteiger charge is 2.67. The Kier molecular flexibility index (Phi) is 3.10. The SMILES string of the molecule is C=C1[C@H]2C[C@H](O)C(C)(C)[C@@]2(O)[C@H](O)C[C@]23C=C(C)[C@H](CC[C@@H]12)C3. The topological polar surface area (TPSA) is 60.7 Å². The van der Waals surface area contributed by atoms with E-state index in [2.05, 4.69) is 19.6 Å². The van der Waals surface area contributed by atoms with Gasteiger partial charge in [-0.2, -0.15) is 0 Å². The minimum atomic E-state index is -1.28. The second-order valence-corrected chi connectivity index (χ2v) is 9.30. The van der Waals surface area contributed by atoms with Crippen LogP contribution in [0, 0.1) is 28.6 Å². The molecule has 0 amide bonds. The first-order valence-corrected chi connectivity index (χ1v) is 9.10. The molecule has 0 aromatic heterocycles. The van der Waals surface area contributed by atoms with E-state index in [4.69, 9.17) is 0 Å². The second kappa shape index (κ2) is 4.50. The van der Waals surface area contributed by atoms with Crippen LogP contribution in [0.5, 0.6) is 0 Å². The number of fused-ring (bicyclic) bond motifs is 2. The van der Waals surface area contributed by atoms with E-state index in [0.717, 1.165) is 18.4 Å². The summed E-state index contributed by atoms with van der Waals surface area (Å²) >= 11 is 0. The lowest BCUT2D eigenvalue weighted by molar-refractivity contribution is -0.167. The Balaban J connectivity index is 1.84. The number of rotatable bonds is 0. The van der Waals surface area contributed by atoms with Crippen molar-refractivity contribution < 1.29 is 15.3 Å². The summed E-state index contributed by atoms with van der Waals surface area (Å²) in [5.41, 5.74) is 0.477. The maximum Gasteiger partial charge on any atom is 0.105 e. The summed E-state index contributed by atoms with van der Waals surface area (Å²) in [5, 5.41) is 33.2. The number of hydrogen-bond acceptors (Lipinski definition) is 3. The first-order chi connectivity index (χ1) is 10.6. The normalized spacial score (nSPS) is 54.3. The Labute approximate surface area is 139 Å². The summed E-state index contributed by atoms with van der Waals surface area (Å²) < 4.78 is 0. The van der Waals surface area contributed by atoms with Crippen molar-refractivity contribution in [2.45, 2.75) is 70.7 Å². The van der Waals surface area contributed by atoms with Gasteiger partial charge in [0.05, 0.1) is 12.2 Å².